The number of hydrogen-bond acceptors (Lipinski definition) is 5. The van der Waals surface area contributed by atoms with E-state index in [1.165, 1.54) is 11.8 Å². The number of benzene rings is 3. The number of carbonyl (C=O) groups is 1. The molecule has 204 valence electrons. The molecule has 5 nitrogen and oxygen atoms in total. The van der Waals surface area contributed by atoms with Gasteiger partial charge in [0.25, 0.3) is 5.91 Å². The number of thioether (sulfide) groups is 1. The van der Waals surface area contributed by atoms with Gasteiger partial charge in [0.15, 0.2) is 0 Å². The highest BCUT2D eigenvalue weighted by Gasteiger charge is 2.32. The lowest BCUT2D eigenvalue weighted by Crippen LogP contribution is -2.28. The van der Waals surface area contributed by atoms with Crippen molar-refractivity contribution >= 4 is 63.5 Å². The highest BCUT2D eigenvalue weighted by atomic mass is 35.5. The van der Waals surface area contributed by atoms with Crippen LogP contribution in [0.5, 0.6) is 5.75 Å². The Morgan fingerprint density at radius 1 is 1.02 bits per heavy atom. The van der Waals surface area contributed by atoms with E-state index in [1.54, 1.807) is 17.0 Å². The Morgan fingerprint density at radius 3 is 2.52 bits per heavy atom. The Balaban J connectivity index is 1.41. The topological polar surface area (TPSA) is 47.4 Å². The SMILES string of the molecule is CCCCCN1C(=O)C(=Cc2cn(-c3ccccc3)nc2-c2ccc(OCc3ccc(Cl)cc3Cl)cc2)SC1=S. The van der Waals surface area contributed by atoms with Gasteiger partial charge in [-0.15, -0.1) is 0 Å². The number of unbranched alkanes of at least 4 members (excludes halogenated alkanes) is 2. The molecule has 0 aliphatic carbocycles. The zero-order valence-corrected chi connectivity index (χ0v) is 25.0. The first-order valence-electron chi connectivity index (χ1n) is 13.0. The fourth-order valence-electron chi connectivity index (χ4n) is 4.29. The molecule has 9 heteroatoms. The average molecular weight is 609 g/mol. The third-order valence-electron chi connectivity index (χ3n) is 6.45. The monoisotopic (exact) mass is 607 g/mol. The Morgan fingerprint density at radius 2 is 1.80 bits per heavy atom. The molecule has 0 unspecified atom stereocenters. The van der Waals surface area contributed by atoms with Crippen molar-refractivity contribution in [1.82, 2.24) is 14.7 Å². The van der Waals surface area contributed by atoms with Crippen molar-refractivity contribution in [2.75, 3.05) is 6.54 Å². The van der Waals surface area contributed by atoms with Crippen molar-refractivity contribution in [3.63, 3.8) is 0 Å². The van der Waals surface area contributed by atoms with E-state index in [-0.39, 0.29) is 5.91 Å². The fraction of sp³-hybridized carbons (Fsp3) is 0.194. The molecule has 1 aliphatic heterocycles. The van der Waals surface area contributed by atoms with Gasteiger partial charge in [0.1, 0.15) is 16.7 Å². The van der Waals surface area contributed by atoms with Crippen LogP contribution >= 0.6 is 47.2 Å². The van der Waals surface area contributed by atoms with Gasteiger partial charge < -0.3 is 4.74 Å². The van der Waals surface area contributed by atoms with E-state index < -0.39 is 0 Å². The second kappa shape index (κ2) is 13.0. The second-order valence-electron chi connectivity index (χ2n) is 9.30. The van der Waals surface area contributed by atoms with E-state index in [9.17, 15) is 4.79 Å². The molecule has 0 radical (unpaired) electrons. The molecular formula is C31H27Cl2N3O2S2. The van der Waals surface area contributed by atoms with Gasteiger partial charge in [0, 0.05) is 39.5 Å². The van der Waals surface area contributed by atoms with Crippen molar-refractivity contribution in [2.45, 2.75) is 32.8 Å². The van der Waals surface area contributed by atoms with Crippen molar-refractivity contribution in [3.8, 4) is 22.7 Å². The number of nitrogens with zero attached hydrogens (tertiary/aromatic N) is 3. The lowest BCUT2D eigenvalue weighted by atomic mass is 10.1. The quantitative estimate of drug-likeness (QED) is 0.102. The summed E-state index contributed by atoms with van der Waals surface area (Å²) in [5, 5.41) is 6.05. The maximum absolute atomic E-state index is 13.2. The van der Waals surface area contributed by atoms with E-state index in [4.69, 9.17) is 45.3 Å². The first-order chi connectivity index (χ1) is 19.4. The molecule has 5 rings (SSSR count). The molecule has 1 aromatic heterocycles. The molecular weight excluding hydrogens is 581 g/mol. The summed E-state index contributed by atoms with van der Waals surface area (Å²) in [5.74, 6) is 0.654. The van der Waals surface area contributed by atoms with Gasteiger partial charge in [-0.05, 0) is 61.0 Å². The number of ether oxygens (including phenoxy) is 1. The zero-order chi connectivity index (χ0) is 28.1. The second-order valence-corrected chi connectivity index (χ2v) is 11.8. The third-order valence-corrected chi connectivity index (χ3v) is 8.41. The molecule has 0 bridgehead atoms. The summed E-state index contributed by atoms with van der Waals surface area (Å²) in [5.41, 5.74) is 4.27. The van der Waals surface area contributed by atoms with Crippen LogP contribution in [0.25, 0.3) is 23.0 Å². The van der Waals surface area contributed by atoms with Crippen molar-refractivity contribution in [3.05, 3.63) is 105 Å². The Hall–Kier alpha value is -3.10. The normalized spacial score (nSPS) is 14.4. The minimum absolute atomic E-state index is 0.0471. The van der Waals surface area contributed by atoms with Gasteiger partial charge in [-0.3, -0.25) is 9.69 Å². The van der Waals surface area contributed by atoms with Gasteiger partial charge >= 0.3 is 0 Å². The molecule has 1 saturated heterocycles. The summed E-state index contributed by atoms with van der Waals surface area (Å²) in [6.45, 7) is 3.11. The van der Waals surface area contributed by atoms with Crippen LogP contribution in [0, 0.1) is 0 Å². The van der Waals surface area contributed by atoms with Crippen LogP contribution in [-0.4, -0.2) is 31.5 Å². The van der Waals surface area contributed by atoms with E-state index in [0.29, 0.717) is 38.2 Å². The van der Waals surface area contributed by atoms with Crippen LogP contribution in [0.15, 0.2) is 83.9 Å². The molecule has 3 aromatic carbocycles. The molecule has 1 aliphatic rings. The first kappa shape index (κ1) is 28.4. The summed E-state index contributed by atoms with van der Waals surface area (Å²) >= 11 is 19.2. The van der Waals surface area contributed by atoms with Crippen LogP contribution < -0.4 is 4.74 Å². The standard InChI is InChI=1S/C31H27Cl2N3O2S2/c1-2-3-7-16-35-30(37)28(40-31(35)39)17-23-19-36(25-8-5-4-6-9-25)34-29(23)21-11-14-26(15-12-21)38-20-22-10-13-24(32)18-27(22)33/h4-6,8-15,17-19H,2-3,7,16,20H2,1H3. The number of thiocarbonyl (C=S) groups is 1. The van der Waals surface area contributed by atoms with Crippen LogP contribution in [0.1, 0.15) is 37.3 Å². The number of carbonyl (C=O) groups excluding carboxylic acids is 1. The summed E-state index contributed by atoms with van der Waals surface area (Å²) < 4.78 is 8.39. The summed E-state index contributed by atoms with van der Waals surface area (Å²) in [7, 11) is 0. The number of rotatable bonds is 10. The Bertz CT molecular complexity index is 1550. The number of amides is 1. The maximum Gasteiger partial charge on any atom is 0.266 e. The molecule has 0 N–H and O–H groups in total. The average Bonchev–Trinajstić information content (AvgIpc) is 3.50. The van der Waals surface area contributed by atoms with Gasteiger partial charge in [-0.2, -0.15) is 5.10 Å². The summed E-state index contributed by atoms with van der Waals surface area (Å²) in [4.78, 5) is 15.5. The molecule has 2 heterocycles. The predicted octanol–water partition coefficient (Wildman–Crippen LogP) is 8.82. The minimum Gasteiger partial charge on any atom is -0.489 e. The molecule has 1 fully saturated rings. The maximum atomic E-state index is 13.2. The number of hydrogen-bond donors (Lipinski definition) is 0. The number of para-hydroxylation sites is 1. The number of halogens is 2. The van der Waals surface area contributed by atoms with Crippen LogP contribution in [0.3, 0.4) is 0 Å². The molecule has 40 heavy (non-hydrogen) atoms. The van der Waals surface area contributed by atoms with Crippen LogP contribution in [0.4, 0.5) is 0 Å². The van der Waals surface area contributed by atoms with E-state index in [2.05, 4.69) is 6.92 Å². The van der Waals surface area contributed by atoms with Crippen molar-refractivity contribution in [1.29, 1.82) is 0 Å². The van der Waals surface area contributed by atoms with Gasteiger partial charge in [0.05, 0.1) is 16.3 Å². The van der Waals surface area contributed by atoms with Gasteiger partial charge in [-0.25, -0.2) is 4.68 Å². The Kier molecular flexibility index (Phi) is 9.27. The first-order valence-corrected chi connectivity index (χ1v) is 15.0. The molecule has 1 amide bonds. The largest absolute Gasteiger partial charge is 0.489 e. The smallest absolute Gasteiger partial charge is 0.266 e. The molecule has 4 aromatic rings. The van der Waals surface area contributed by atoms with Crippen molar-refractivity contribution < 1.29 is 9.53 Å². The Labute approximate surface area is 253 Å². The minimum atomic E-state index is -0.0471. The molecule has 0 atom stereocenters. The molecule has 0 saturated carbocycles. The van der Waals surface area contributed by atoms with E-state index in [0.717, 1.165) is 47.3 Å². The summed E-state index contributed by atoms with van der Waals surface area (Å²) in [6.07, 6.45) is 6.93. The predicted molar refractivity (Wildman–Crippen MR) is 169 cm³/mol. The summed E-state index contributed by atoms with van der Waals surface area (Å²) in [6, 6.07) is 23.0. The van der Waals surface area contributed by atoms with E-state index in [1.807, 2.05) is 77.6 Å². The molecule has 0 spiro atoms. The zero-order valence-electron chi connectivity index (χ0n) is 21.8. The van der Waals surface area contributed by atoms with Gasteiger partial charge in [0.2, 0.25) is 0 Å². The fourth-order valence-corrected chi connectivity index (χ4v) is 6.06. The lowest BCUT2D eigenvalue weighted by molar-refractivity contribution is -0.122. The lowest BCUT2D eigenvalue weighted by Gasteiger charge is -2.13. The highest BCUT2D eigenvalue weighted by molar-refractivity contribution is 8.26. The number of aromatic nitrogens is 2. The van der Waals surface area contributed by atoms with E-state index >= 15 is 0 Å². The van der Waals surface area contributed by atoms with Crippen molar-refractivity contribution in [2.24, 2.45) is 0 Å². The van der Waals surface area contributed by atoms with Crippen LogP contribution in [0.2, 0.25) is 10.0 Å². The third kappa shape index (κ3) is 6.61. The van der Waals surface area contributed by atoms with Crippen LogP contribution in [-0.2, 0) is 11.4 Å². The highest BCUT2D eigenvalue weighted by Crippen LogP contribution is 2.35. The van der Waals surface area contributed by atoms with Gasteiger partial charge in [-0.1, -0.05) is 91.2 Å².